The van der Waals surface area contributed by atoms with Crippen molar-refractivity contribution in [1.82, 2.24) is 5.32 Å². The van der Waals surface area contributed by atoms with E-state index in [0.717, 1.165) is 24.2 Å². The molecule has 0 bridgehead atoms. The molecule has 0 atom stereocenters. The molecule has 2 aromatic carbocycles. The number of alkyl halides is 2. The monoisotopic (exact) mass is 348 g/mol. The minimum absolute atomic E-state index is 0.0862. The maximum atomic E-state index is 12.1. The molecule has 2 rings (SSSR count). The molecule has 0 unspecified atom stereocenters. The van der Waals surface area contributed by atoms with Gasteiger partial charge in [-0.1, -0.05) is 30.3 Å². The number of hydrogen-bond acceptors (Lipinski definition) is 3. The highest BCUT2D eigenvalue weighted by Crippen LogP contribution is 2.15. The summed E-state index contributed by atoms with van der Waals surface area (Å²) < 4.78 is 28.4. The van der Waals surface area contributed by atoms with Crippen molar-refractivity contribution >= 4 is 11.6 Å². The Labute approximate surface area is 146 Å². The van der Waals surface area contributed by atoms with Crippen LogP contribution in [0.3, 0.4) is 0 Å². The number of carbonyl (C=O) groups excluding carboxylic acids is 1. The molecule has 134 valence electrons. The van der Waals surface area contributed by atoms with Gasteiger partial charge in [-0.05, 0) is 36.2 Å². The third-order valence-electron chi connectivity index (χ3n) is 3.70. The number of hydrogen-bond donors (Lipinski definition) is 1. The predicted octanol–water partition coefficient (Wildman–Crippen LogP) is 3.47. The minimum atomic E-state index is -2.84. The van der Waals surface area contributed by atoms with Crippen LogP contribution in [0.1, 0.15) is 12.0 Å². The van der Waals surface area contributed by atoms with Gasteiger partial charge in [-0.25, -0.2) is 0 Å². The van der Waals surface area contributed by atoms with Gasteiger partial charge in [-0.15, -0.1) is 0 Å². The molecule has 0 aliphatic rings. The maximum absolute atomic E-state index is 12.1. The SMILES string of the molecule is CN(CCCNC(=O)Cc1ccc(OC(F)F)cc1)c1ccccc1. The smallest absolute Gasteiger partial charge is 0.387 e. The van der Waals surface area contributed by atoms with Gasteiger partial charge in [0.15, 0.2) is 0 Å². The van der Waals surface area contributed by atoms with Crippen LogP contribution in [0.4, 0.5) is 14.5 Å². The first-order valence-electron chi connectivity index (χ1n) is 8.11. The van der Waals surface area contributed by atoms with Crippen molar-refractivity contribution < 1.29 is 18.3 Å². The molecule has 4 nitrogen and oxygen atoms in total. The number of amides is 1. The van der Waals surface area contributed by atoms with Gasteiger partial charge in [0.05, 0.1) is 6.42 Å². The van der Waals surface area contributed by atoms with Crippen LogP contribution in [-0.2, 0) is 11.2 Å². The van der Waals surface area contributed by atoms with Crippen molar-refractivity contribution in [2.24, 2.45) is 0 Å². The Kier molecular flexibility index (Phi) is 7.19. The second-order valence-electron chi connectivity index (χ2n) is 5.66. The lowest BCUT2D eigenvalue weighted by molar-refractivity contribution is -0.120. The molecule has 0 aromatic heterocycles. The maximum Gasteiger partial charge on any atom is 0.387 e. The van der Waals surface area contributed by atoms with E-state index in [1.54, 1.807) is 12.1 Å². The van der Waals surface area contributed by atoms with E-state index in [0.29, 0.717) is 6.54 Å². The first-order valence-corrected chi connectivity index (χ1v) is 8.11. The zero-order valence-corrected chi connectivity index (χ0v) is 14.1. The molecular weight excluding hydrogens is 326 g/mol. The molecule has 0 heterocycles. The lowest BCUT2D eigenvalue weighted by Gasteiger charge is -2.19. The topological polar surface area (TPSA) is 41.6 Å². The first-order chi connectivity index (χ1) is 12.0. The van der Waals surface area contributed by atoms with E-state index < -0.39 is 6.61 Å². The van der Waals surface area contributed by atoms with Gasteiger partial charge in [-0.3, -0.25) is 4.79 Å². The Morgan fingerprint density at radius 1 is 1.12 bits per heavy atom. The molecule has 2 aromatic rings. The number of para-hydroxylation sites is 1. The number of nitrogens with one attached hydrogen (secondary N) is 1. The fraction of sp³-hybridized carbons (Fsp3) is 0.316. The highest BCUT2D eigenvalue weighted by Gasteiger charge is 2.06. The summed E-state index contributed by atoms with van der Waals surface area (Å²) in [6.07, 6.45) is 1.04. The summed E-state index contributed by atoms with van der Waals surface area (Å²) >= 11 is 0. The number of ether oxygens (including phenoxy) is 1. The molecule has 1 amide bonds. The molecule has 0 saturated heterocycles. The van der Waals surface area contributed by atoms with Crippen molar-refractivity contribution in [2.45, 2.75) is 19.5 Å². The van der Waals surface area contributed by atoms with Crippen LogP contribution in [0.5, 0.6) is 5.75 Å². The average Bonchev–Trinajstić information content (AvgIpc) is 2.60. The second kappa shape index (κ2) is 9.61. The quantitative estimate of drug-likeness (QED) is 0.706. The number of carbonyl (C=O) groups is 1. The number of benzene rings is 2. The van der Waals surface area contributed by atoms with E-state index >= 15 is 0 Å². The van der Waals surface area contributed by atoms with Gasteiger partial charge in [0.2, 0.25) is 5.91 Å². The first kappa shape index (κ1) is 18.7. The predicted molar refractivity (Wildman–Crippen MR) is 94.1 cm³/mol. The summed E-state index contributed by atoms with van der Waals surface area (Å²) in [5.74, 6) is -0.00648. The summed E-state index contributed by atoms with van der Waals surface area (Å²) in [6.45, 7) is -1.42. The van der Waals surface area contributed by atoms with Crippen molar-refractivity contribution in [1.29, 1.82) is 0 Å². The molecule has 6 heteroatoms. The van der Waals surface area contributed by atoms with E-state index in [2.05, 4.69) is 15.0 Å². The van der Waals surface area contributed by atoms with Gasteiger partial charge in [0.25, 0.3) is 0 Å². The molecule has 1 N–H and O–H groups in total. The summed E-state index contributed by atoms with van der Waals surface area (Å²) in [4.78, 5) is 14.0. The number of nitrogens with zero attached hydrogens (tertiary/aromatic N) is 1. The molecule has 0 aliphatic heterocycles. The Bertz CT molecular complexity index is 648. The molecule has 0 saturated carbocycles. The van der Waals surface area contributed by atoms with E-state index in [1.807, 2.05) is 37.4 Å². The number of anilines is 1. The highest BCUT2D eigenvalue weighted by atomic mass is 19.3. The van der Waals surface area contributed by atoms with E-state index in [9.17, 15) is 13.6 Å². The Morgan fingerprint density at radius 2 is 1.80 bits per heavy atom. The van der Waals surface area contributed by atoms with Gasteiger partial charge in [-0.2, -0.15) is 8.78 Å². The van der Waals surface area contributed by atoms with Crippen LogP contribution in [0.2, 0.25) is 0 Å². The van der Waals surface area contributed by atoms with Crippen molar-refractivity contribution in [3.05, 3.63) is 60.2 Å². The van der Waals surface area contributed by atoms with Gasteiger partial charge in [0, 0.05) is 25.8 Å². The van der Waals surface area contributed by atoms with Crippen molar-refractivity contribution in [3.63, 3.8) is 0 Å². The number of rotatable bonds is 9. The lowest BCUT2D eigenvalue weighted by atomic mass is 10.1. The van der Waals surface area contributed by atoms with Crippen LogP contribution in [0.25, 0.3) is 0 Å². The van der Waals surface area contributed by atoms with E-state index in [-0.39, 0.29) is 18.1 Å². The van der Waals surface area contributed by atoms with Crippen LogP contribution in [-0.4, -0.2) is 32.7 Å². The fourth-order valence-electron chi connectivity index (χ4n) is 2.39. The normalized spacial score (nSPS) is 10.6. The van der Waals surface area contributed by atoms with Crippen LogP contribution < -0.4 is 15.0 Å². The van der Waals surface area contributed by atoms with Crippen molar-refractivity contribution in [3.8, 4) is 5.75 Å². The zero-order chi connectivity index (χ0) is 18.1. The summed E-state index contributed by atoms with van der Waals surface area (Å²) in [7, 11) is 2.01. The molecule has 0 aliphatic carbocycles. The Morgan fingerprint density at radius 3 is 2.44 bits per heavy atom. The molecular formula is C19H22F2N2O2. The van der Waals surface area contributed by atoms with Gasteiger partial charge in [0.1, 0.15) is 5.75 Å². The Hall–Kier alpha value is -2.63. The molecule has 25 heavy (non-hydrogen) atoms. The third kappa shape index (κ3) is 6.79. The van der Waals surface area contributed by atoms with Crippen LogP contribution in [0.15, 0.2) is 54.6 Å². The zero-order valence-electron chi connectivity index (χ0n) is 14.1. The largest absolute Gasteiger partial charge is 0.435 e. The minimum Gasteiger partial charge on any atom is -0.435 e. The average molecular weight is 348 g/mol. The van der Waals surface area contributed by atoms with Crippen molar-refractivity contribution in [2.75, 3.05) is 25.0 Å². The van der Waals surface area contributed by atoms with Gasteiger partial charge >= 0.3 is 6.61 Å². The summed E-state index contributed by atoms with van der Waals surface area (Å²) in [5.41, 5.74) is 1.89. The van der Waals surface area contributed by atoms with Crippen LogP contribution >= 0.6 is 0 Å². The third-order valence-corrected chi connectivity index (χ3v) is 3.70. The van der Waals surface area contributed by atoms with Gasteiger partial charge < -0.3 is 15.0 Å². The molecule has 0 radical (unpaired) electrons. The summed E-state index contributed by atoms with van der Waals surface area (Å²) in [6, 6.07) is 16.1. The Balaban J connectivity index is 1.67. The molecule has 0 spiro atoms. The summed E-state index contributed by atoms with van der Waals surface area (Å²) in [5, 5.41) is 2.87. The standard InChI is InChI=1S/C19H22F2N2O2/c1-23(16-6-3-2-4-7-16)13-5-12-22-18(24)14-15-8-10-17(11-9-15)25-19(20)21/h2-4,6-11,19H,5,12-14H2,1H3,(H,22,24). The lowest BCUT2D eigenvalue weighted by Crippen LogP contribution is -2.29. The van der Waals surface area contributed by atoms with E-state index in [4.69, 9.17) is 0 Å². The van der Waals surface area contributed by atoms with Crippen LogP contribution in [0, 0.1) is 0 Å². The highest BCUT2D eigenvalue weighted by molar-refractivity contribution is 5.78. The molecule has 0 fully saturated rings. The van der Waals surface area contributed by atoms with E-state index in [1.165, 1.54) is 12.1 Å². The number of halogens is 2. The fourth-order valence-corrected chi connectivity index (χ4v) is 2.39. The second-order valence-corrected chi connectivity index (χ2v) is 5.66.